The molecule has 2 heteroatoms. The molecule has 0 saturated heterocycles. The molecule has 0 unspecified atom stereocenters. The molecular weight excluding hydrogens is 208 g/mol. The van der Waals surface area contributed by atoms with Crippen LogP contribution in [0.3, 0.4) is 0 Å². The maximum Gasteiger partial charge on any atom is 0.140 e. The van der Waals surface area contributed by atoms with Gasteiger partial charge in [-0.25, -0.2) is 4.98 Å². The third-order valence-corrected chi connectivity index (χ3v) is 3.95. The molecule has 1 aromatic carbocycles. The van der Waals surface area contributed by atoms with Crippen molar-refractivity contribution in [2.24, 2.45) is 0 Å². The molecule has 2 aromatic rings. The molecule has 0 amide bonds. The van der Waals surface area contributed by atoms with Crippen LogP contribution in [0.2, 0.25) is 0 Å². The maximum atomic E-state index is 4.70. The van der Waals surface area contributed by atoms with Crippen molar-refractivity contribution in [3.8, 4) is 5.69 Å². The van der Waals surface area contributed by atoms with Gasteiger partial charge in [0.05, 0.1) is 11.4 Å². The van der Waals surface area contributed by atoms with Gasteiger partial charge >= 0.3 is 0 Å². The van der Waals surface area contributed by atoms with Gasteiger partial charge in [-0.2, -0.15) is 0 Å². The van der Waals surface area contributed by atoms with Crippen molar-refractivity contribution in [2.45, 2.75) is 26.2 Å². The standard InChI is InChI=1S/C15H14N2/c1-9-8-12-5-3-4-11-6-7-13-10(2)16-15(9)17(13)14(11)12/h3-5H,1,6-8H2,2H3. The fraction of sp³-hybridized carbons (Fsp3) is 0.267. The van der Waals surface area contributed by atoms with E-state index in [-0.39, 0.29) is 0 Å². The van der Waals surface area contributed by atoms with Crippen LogP contribution in [0.15, 0.2) is 24.8 Å². The summed E-state index contributed by atoms with van der Waals surface area (Å²) in [4.78, 5) is 4.70. The Labute approximate surface area is 101 Å². The van der Waals surface area contributed by atoms with Crippen molar-refractivity contribution < 1.29 is 0 Å². The first-order chi connectivity index (χ1) is 8.25. The van der Waals surface area contributed by atoms with Gasteiger partial charge in [0.25, 0.3) is 0 Å². The number of rotatable bonds is 0. The minimum atomic E-state index is 0.944. The molecule has 17 heavy (non-hydrogen) atoms. The second-order valence-electron chi connectivity index (χ2n) is 5.01. The van der Waals surface area contributed by atoms with Gasteiger partial charge in [-0.3, -0.25) is 4.57 Å². The number of imidazole rings is 1. The number of para-hydroxylation sites is 1. The Morgan fingerprint density at radius 1 is 1.24 bits per heavy atom. The molecule has 2 nitrogen and oxygen atoms in total. The van der Waals surface area contributed by atoms with Gasteiger partial charge in [-0.05, 0) is 36.5 Å². The molecule has 0 radical (unpaired) electrons. The molecule has 2 aliphatic heterocycles. The van der Waals surface area contributed by atoms with Gasteiger partial charge in [0.15, 0.2) is 0 Å². The van der Waals surface area contributed by atoms with Crippen molar-refractivity contribution in [1.29, 1.82) is 0 Å². The minimum absolute atomic E-state index is 0.944. The largest absolute Gasteiger partial charge is 0.296 e. The molecule has 0 N–H and O–H groups in total. The molecule has 2 aliphatic rings. The Hall–Kier alpha value is -1.83. The summed E-state index contributed by atoms with van der Waals surface area (Å²) in [6.45, 7) is 6.29. The van der Waals surface area contributed by atoms with Gasteiger partial charge in [0.2, 0.25) is 0 Å². The van der Waals surface area contributed by atoms with Crippen LogP contribution in [0.4, 0.5) is 0 Å². The number of aromatic nitrogens is 2. The summed E-state index contributed by atoms with van der Waals surface area (Å²) in [6, 6.07) is 6.63. The summed E-state index contributed by atoms with van der Waals surface area (Å²) in [6.07, 6.45) is 3.18. The quantitative estimate of drug-likeness (QED) is 0.670. The van der Waals surface area contributed by atoms with Gasteiger partial charge in [0, 0.05) is 12.1 Å². The number of aryl methyl sites for hydroxylation is 2. The predicted octanol–water partition coefficient (Wildman–Crippen LogP) is 2.85. The summed E-state index contributed by atoms with van der Waals surface area (Å²) in [7, 11) is 0. The van der Waals surface area contributed by atoms with E-state index in [1.165, 1.54) is 28.2 Å². The van der Waals surface area contributed by atoms with E-state index in [0.717, 1.165) is 30.7 Å². The van der Waals surface area contributed by atoms with Crippen LogP contribution in [0.5, 0.6) is 0 Å². The number of nitrogens with zero attached hydrogens (tertiary/aromatic N) is 2. The summed E-state index contributed by atoms with van der Waals surface area (Å²) in [5.41, 5.74) is 7.94. The summed E-state index contributed by atoms with van der Waals surface area (Å²) >= 11 is 0. The average Bonchev–Trinajstić information content (AvgIpc) is 2.67. The molecular formula is C15H14N2. The van der Waals surface area contributed by atoms with Gasteiger partial charge in [-0.15, -0.1) is 0 Å². The van der Waals surface area contributed by atoms with Crippen molar-refractivity contribution >= 4 is 5.57 Å². The first kappa shape index (κ1) is 9.23. The van der Waals surface area contributed by atoms with Crippen LogP contribution in [-0.4, -0.2) is 9.55 Å². The van der Waals surface area contributed by atoms with Gasteiger partial charge in [-0.1, -0.05) is 24.8 Å². The van der Waals surface area contributed by atoms with Crippen LogP contribution in [-0.2, 0) is 19.3 Å². The molecule has 0 aliphatic carbocycles. The van der Waals surface area contributed by atoms with Crippen LogP contribution >= 0.6 is 0 Å². The zero-order valence-corrected chi connectivity index (χ0v) is 9.95. The highest BCUT2D eigenvalue weighted by Gasteiger charge is 2.28. The second-order valence-corrected chi connectivity index (χ2v) is 5.01. The molecule has 0 fully saturated rings. The number of hydrogen-bond acceptors (Lipinski definition) is 1. The Morgan fingerprint density at radius 2 is 2.06 bits per heavy atom. The number of benzene rings is 1. The van der Waals surface area contributed by atoms with Crippen LogP contribution in [0.25, 0.3) is 11.3 Å². The van der Waals surface area contributed by atoms with E-state index in [1.807, 2.05) is 0 Å². The fourth-order valence-corrected chi connectivity index (χ4v) is 3.17. The van der Waals surface area contributed by atoms with E-state index in [9.17, 15) is 0 Å². The SMILES string of the molecule is C=C1Cc2cccc3c2-n2c1nc(C)c2CC3. The summed E-state index contributed by atoms with van der Waals surface area (Å²) in [5.74, 6) is 1.08. The number of allylic oxidation sites excluding steroid dienone is 1. The molecule has 3 heterocycles. The highest BCUT2D eigenvalue weighted by molar-refractivity contribution is 5.72. The van der Waals surface area contributed by atoms with Gasteiger partial charge in [0.1, 0.15) is 5.82 Å². The highest BCUT2D eigenvalue weighted by atomic mass is 15.1. The summed E-state index contributed by atoms with van der Waals surface area (Å²) < 4.78 is 2.34. The average molecular weight is 222 g/mol. The lowest BCUT2D eigenvalue weighted by Gasteiger charge is -2.28. The normalized spacial score (nSPS) is 15.9. The zero-order chi connectivity index (χ0) is 11.6. The van der Waals surface area contributed by atoms with E-state index in [2.05, 4.69) is 36.3 Å². The van der Waals surface area contributed by atoms with Crippen molar-refractivity contribution in [3.63, 3.8) is 0 Å². The molecule has 0 atom stereocenters. The number of hydrogen-bond donors (Lipinski definition) is 0. The van der Waals surface area contributed by atoms with Crippen LogP contribution < -0.4 is 0 Å². The monoisotopic (exact) mass is 222 g/mol. The molecule has 4 rings (SSSR count). The molecule has 0 bridgehead atoms. The van der Waals surface area contributed by atoms with E-state index in [1.54, 1.807) is 0 Å². The molecule has 0 spiro atoms. The maximum absolute atomic E-state index is 4.70. The Kier molecular flexibility index (Phi) is 1.57. The molecule has 1 aromatic heterocycles. The Morgan fingerprint density at radius 3 is 2.94 bits per heavy atom. The smallest absolute Gasteiger partial charge is 0.140 e. The third-order valence-electron chi connectivity index (χ3n) is 3.95. The predicted molar refractivity (Wildman–Crippen MR) is 68.4 cm³/mol. The molecule has 84 valence electrons. The van der Waals surface area contributed by atoms with E-state index >= 15 is 0 Å². The second kappa shape index (κ2) is 2.89. The van der Waals surface area contributed by atoms with E-state index in [0.29, 0.717) is 0 Å². The van der Waals surface area contributed by atoms with Gasteiger partial charge < -0.3 is 0 Å². The summed E-state index contributed by atoms with van der Waals surface area (Å²) in [5, 5.41) is 0. The highest BCUT2D eigenvalue weighted by Crippen LogP contribution is 2.38. The fourth-order valence-electron chi connectivity index (χ4n) is 3.17. The Bertz CT molecular complexity index is 662. The molecule has 0 saturated carbocycles. The Balaban J connectivity index is 2.18. The van der Waals surface area contributed by atoms with Crippen LogP contribution in [0.1, 0.15) is 28.3 Å². The van der Waals surface area contributed by atoms with E-state index in [4.69, 9.17) is 4.98 Å². The lowest BCUT2D eigenvalue weighted by atomic mass is 9.91. The first-order valence-electron chi connectivity index (χ1n) is 6.13. The van der Waals surface area contributed by atoms with Crippen LogP contribution in [0, 0.1) is 6.92 Å². The first-order valence-corrected chi connectivity index (χ1v) is 6.13. The van der Waals surface area contributed by atoms with Crippen molar-refractivity contribution in [1.82, 2.24) is 9.55 Å². The zero-order valence-electron chi connectivity index (χ0n) is 9.95. The third kappa shape index (κ3) is 1.03. The van der Waals surface area contributed by atoms with Crippen molar-refractivity contribution in [2.75, 3.05) is 0 Å². The lowest BCUT2D eigenvalue weighted by Crippen LogP contribution is -2.20. The minimum Gasteiger partial charge on any atom is -0.296 e. The van der Waals surface area contributed by atoms with Crippen molar-refractivity contribution in [3.05, 3.63) is 53.1 Å². The topological polar surface area (TPSA) is 17.8 Å². The lowest BCUT2D eigenvalue weighted by molar-refractivity contribution is 0.777. The van der Waals surface area contributed by atoms with E-state index < -0.39 is 0 Å².